The topological polar surface area (TPSA) is 80.0 Å². The minimum absolute atomic E-state index is 0.289. The molecule has 0 fully saturated rings. The number of rotatable bonds is 9. The molecule has 2 aromatic heterocycles. The number of nitrogens with zero attached hydrogens (tertiary/aromatic N) is 3. The van der Waals surface area contributed by atoms with E-state index in [0.717, 1.165) is 60.0 Å². The standard InChI is InChI=1S/C37H28N4O2S/c42-37(43)33-19-27(25-9-3-1-4-10-25)15-16-28(33)23-41-24-38-21-30(41)22-39-29-17-18-31(32(20-29)26-11-5-2-6-12-26)36-40-34-13-7-8-14-35(34)44-36/h1-21,24,39H,22-23H2,(H,42,43). The second-order valence-electron chi connectivity index (χ2n) is 10.5. The van der Waals surface area contributed by atoms with Gasteiger partial charge in [0.2, 0.25) is 0 Å². The van der Waals surface area contributed by atoms with Crippen molar-refractivity contribution >= 4 is 33.2 Å². The Balaban J connectivity index is 1.15. The minimum Gasteiger partial charge on any atom is -0.478 e. The zero-order chi connectivity index (χ0) is 29.9. The van der Waals surface area contributed by atoms with Gasteiger partial charge in [0.25, 0.3) is 0 Å². The summed E-state index contributed by atoms with van der Waals surface area (Å²) in [6.45, 7) is 0.929. The van der Waals surface area contributed by atoms with Gasteiger partial charge in [0.1, 0.15) is 5.01 Å². The van der Waals surface area contributed by atoms with Crippen LogP contribution < -0.4 is 5.32 Å². The number of benzene rings is 5. The second-order valence-corrected chi connectivity index (χ2v) is 11.6. The molecule has 7 aromatic rings. The SMILES string of the molecule is O=C(O)c1cc(-c2ccccc2)ccc1Cn1cncc1CNc1ccc(-c2nc3ccccc3s2)c(-c2ccccc2)c1. The van der Waals surface area contributed by atoms with E-state index in [1.165, 1.54) is 0 Å². The average Bonchev–Trinajstić information content (AvgIpc) is 3.71. The van der Waals surface area contributed by atoms with Crippen LogP contribution in [0.4, 0.5) is 5.69 Å². The monoisotopic (exact) mass is 592 g/mol. The van der Waals surface area contributed by atoms with Crippen molar-refractivity contribution < 1.29 is 9.90 Å². The maximum absolute atomic E-state index is 12.2. The number of hydrogen-bond donors (Lipinski definition) is 2. The van der Waals surface area contributed by atoms with Gasteiger partial charge in [-0.1, -0.05) is 84.9 Å². The molecule has 0 radical (unpaired) electrons. The smallest absolute Gasteiger partial charge is 0.336 e. The molecule has 5 aromatic carbocycles. The number of nitrogens with one attached hydrogen (secondary N) is 1. The Bertz CT molecular complexity index is 2050. The number of imidazole rings is 1. The van der Waals surface area contributed by atoms with Crippen LogP contribution in [0.1, 0.15) is 21.6 Å². The summed E-state index contributed by atoms with van der Waals surface area (Å²) < 4.78 is 3.16. The number of fused-ring (bicyclic) bond motifs is 1. The molecule has 2 N–H and O–H groups in total. The number of thiazole rings is 1. The zero-order valence-corrected chi connectivity index (χ0v) is 24.5. The number of carboxylic acids is 1. The van der Waals surface area contributed by atoms with E-state index in [0.29, 0.717) is 13.1 Å². The summed E-state index contributed by atoms with van der Waals surface area (Å²) in [5.41, 5.74) is 9.12. The van der Waals surface area contributed by atoms with Crippen LogP contribution in [0.5, 0.6) is 0 Å². The first-order valence-corrected chi connectivity index (χ1v) is 15.1. The number of anilines is 1. The first-order valence-electron chi connectivity index (χ1n) is 14.3. The molecule has 0 amide bonds. The van der Waals surface area contributed by atoms with E-state index in [4.69, 9.17) is 4.98 Å². The van der Waals surface area contributed by atoms with Gasteiger partial charge in [0, 0.05) is 24.0 Å². The summed E-state index contributed by atoms with van der Waals surface area (Å²) in [6.07, 6.45) is 3.57. The first kappa shape index (κ1) is 27.3. The molecule has 2 heterocycles. The van der Waals surface area contributed by atoms with Gasteiger partial charge in [0.15, 0.2) is 0 Å². The quantitative estimate of drug-likeness (QED) is 0.175. The molecule has 214 valence electrons. The van der Waals surface area contributed by atoms with E-state index in [1.807, 2.05) is 89.6 Å². The van der Waals surface area contributed by atoms with Crippen LogP contribution >= 0.6 is 11.3 Å². The molecular weight excluding hydrogens is 565 g/mol. The van der Waals surface area contributed by atoms with Crippen LogP contribution in [0.15, 0.2) is 134 Å². The molecule has 44 heavy (non-hydrogen) atoms. The molecule has 0 aliphatic rings. The predicted octanol–water partition coefficient (Wildman–Crippen LogP) is 8.85. The number of aromatic nitrogens is 3. The van der Waals surface area contributed by atoms with Gasteiger partial charge in [0.05, 0.1) is 34.3 Å². The summed E-state index contributed by atoms with van der Waals surface area (Å²) in [5, 5.41) is 14.6. The molecule has 6 nitrogen and oxygen atoms in total. The summed E-state index contributed by atoms with van der Waals surface area (Å²) in [6, 6.07) is 40.4. The van der Waals surface area contributed by atoms with Gasteiger partial charge in [-0.15, -0.1) is 11.3 Å². The Hall–Kier alpha value is -5.53. The average molecular weight is 593 g/mol. The van der Waals surface area contributed by atoms with Crippen LogP contribution in [0.25, 0.3) is 43.0 Å². The normalized spacial score (nSPS) is 11.1. The highest BCUT2D eigenvalue weighted by molar-refractivity contribution is 7.21. The van der Waals surface area contributed by atoms with Gasteiger partial charge < -0.3 is 15.0 Å². The van der Waals surface area contributed by atoms with E-state index in [9.17, 15) is 9.90 Å². The molecule has 0 atom stereocenters. The van der Waals surface area contributed by atoms with Crippen LogP contribution in [-0.2, 0) is 13.1 Å². The Kier molecular flexibility index (Phi) is 7.44. The third-order valence-corrected chi connectivity index (χ3v) is 8.76. The summed E-state index contributed by atoms with van der Waals surface area (Å²) in [7, 11) is 0. The largest absolute Gasteiger partial charge is 0.478 e. The fourth-order valence-electron chi connectivity index (χ4n) is 5.42. The highest BCUT2D eigenvalue weighted by Gasteiger charge is 2.16. The number of hydrogen-bond acceptors (Lipinski definition) is 5. The molecule has 0 spiro atoms. The van der Waals surface area contributed by atoms with E-state index >= 15 is 0 Å². The van der Waals surface area contributed by atoms with Crippen molar-refractivity contribution in [2.75, 3.05) is 5.32 Å². The third kappa shape index (κ3) is 5.61. The lowest BCUT2D eigenvalue weighted by Crippen LogP contribution is -2.11. The number of para-hydroxylation sites is 1. The van der Waals surface area contributed by atoms with Gasteiger partial charge in [-0.2, -0.15) is 0 Å². The van der Waals surface area contributed by atoms with Crippen molar-refractivity contribution in [3.63, 3.8) is 0 Å². The third-order valence-electron chi connectivity index (χ3n) is 7.69. The summed E-state index contributed by atoms with van der Waals surface area (Å²) >= 11 is 1.70. The Labute approximate surface area is 258 Å². The molecule has 0 saturated carbocycles. The van der Waals surface area contributed by atoms with Crippen molar-refractivity contribution in [1.29, 1.82) is 0 Å². The Morgan fingerprint density at radius 1 is 0.773 bits per heavy atom. The predicted molar refractivity (Wildman–Crippen MR) is 178 cm³/mol. The number of carbonyl (C=O) groups is 1. The maximum atomic E-state index is 12.2. The van der Waals surface area contributed by atoms with E-state index < -0.39 is 5.97 Å². The van der Waals surface area contributed by atoms with Crippen LogP contribution in [0.2, 0.25) is 0 Å². The molecule has 0 aliphatic carbocycles. The van der Waals surface area contributed by atoms with Crippen LogP contribution in [0.3, 0.4) is 0 Å². The highest BCUT2D eigenvalue weighted by atomic mass is 32.1. The second kappa shape index (κ2) is 12.0. The first-order chi connectivity index (χ1) is 21.6. The van der Waals surface area contributed by atoms with Crippen LogP contribution in [0, 0.1) is 0 Å². The van der Waals surface area contributed by atoms with Crippen molar-refractivity contribution in [3.8, 4) is 32.8 Å². The molecule has 0 bridgehead atoms. The summed E-state index contributed by atoms with van der Waals surface area (Å²) in [4.78, 5) is 21.5. The van der Waals surface area contributed by atoms with Crippen molar-refractivity contribution in [2.45, 2.75) is 13.1 Å². The van der Waals surface area contributed by atoms with Crippen molar-refractivity contribution in [3.05, 3.63) is 151 Å². The molecular formula is C37H28N4O2S. The highest BCUT2D eigenvalue weighted by Crippen LogP contribution is 2.38. The van der Waals surface area contributed by atoms with Gasteiger partial charge >= 0.3 is 5.97 Å². The fourth-order valence-corrected chi connectivity index (χ4v) is 6.43. The Morgan fingerprint density at radius 3 is 2.30 bits per heavy atom. The lowest BCUT2D eigenvalue weighted by molar-refractivity contribution is 0.0695. The van der Waals surface area contributed by atoms with Crippen molar-refractivity contribution in [2.24, 2.45) is 0 Å². The van der Waals surface area contributed by atoms with Gasteiger partial charge in [-0.25, -0.2) is 14.8 Å². The number of carboxylic acid groups (broad SMARTS) is 1. The maximum Gasteiger partial charge on any atom is 0.336 e. The fraction of sp³-hybridized carbons (Fsp3) is 0.0541. The number of aromatic carboxylic acids is 1. The zero-order valence-electron chi connectivity index (χ0n) is 23.7. The molecule has 0 unspecified atom stereocenters. The van der Waals surface area contributed by atoms with Gasteiger partial charge in [-0.3, -0.25) is 0 Å². The van der Waals surface area contributed by atoms with Gasteiger partial charge in [-0.05, 0) is 64.2 Å². The lowest BCUT2D eigenvalue weighted by Gasteiger charge is -2.15. The van der Waals surface area contributed by atoms with Crippen molar-refractivity contribution in [1.82, 2.24) is 14.5 Å². The molecule has 7 rings (SSSR count). The lowest BCUT2D eigenvalue weighted by atomic mass is 9.99. The molecule has 0 saturated heterocycles. The van der Waals surface area contributed by atoms with E-state index in [2.05, 4.69) is 46.7 Å². The minimum atomic E-state index is -0.945. The van der Waals surface area contributed by atoms with E-state index in [1.54, 1.807) is 23.7 Å². The van der Waals surface area contributed by atoms with E-state index in [-0.39, 0.29) is 5.56 Å². The summed E-state index contributed by atoms with van der Waals surface area (Å²) in [5.74, 6) is -0.945. The van der Waals surface area contributed by atoms with Crippen LogP contribution in [-0.4, -0.2) is 25.6 Å². The molecule has 0 aliphatic heterocycles. The molecule has 7 heteroatoms. The Morgan fingerprint density at radius 2 is 1.52 bits per heavy atom.